The topological polar surface area (TPSA) is 12.9 Å². The quantitative estimate of drug-likeness (QED) is 0.611. The highest BCUT2D eigenvalue weighted by atomic mass is 35.5. The number of nitrogens with zero attached hydrogens (tertiary/aromatic N) is 1. The molecule has 2 aromatic rings. The Morgan fingerprint density at radius 1 is 1.45 bits per heavy atom. The van der Waals surface area contributed by atoms with Crippen molar-refractivity contribution in [3.63, 3.8) is 0 Å². The molecular weight excluding hydrogens is 178 g/mol. The van der Waals surface area contributed by atoms with Gasteiger partial charge < -0.3 is 0 Å². The minimum absolute atomic E-state index is 0.821. The lowest BCUT2D eigenvalue weighted by Crippen LogP contribution is -1.74. The Morgan fingerprint density at radius 2 is 2.27 bits per heavy atom. The maximum Gasteiger partial charge on any atom is 0.0815 e. The Labute approximate surface area is 73.6 Å². The summed E-state index contributed by atoms with van der Waals surface area (Å²) in [6.45, 7) is 1.99. The minimum Gasteiger partial charge on any atom is -0.245 e. The summed E-state index contributed by atoms with van der Waals surface area (Å²) in [4.78, 5) is 4.18. The van der Waals surface area contributed by atoms with Crippen molar-refractivity contribution in [3.05, 3.63) is 28.2 Å². The Hall–Kier alpha value is -0.600. The Kier molecular flexibility index (Phi) is 1.59. The zero-order valence-corrected chi connectivity index (χ0v) is 7.54. The summed E-state index contributed by atoms with van der Waals surface area (Å²) in [7, 11) is 0. The lowest BCUT2D eigenvalue weighted by atomic mass is 10.2. The van der Waals surface area contributed by atoms with E-state index in [1.807, 2.05) is 24.6 Å². The van der Waals surface area contributed by atoms with Crippen molar-refractivity contribution in [1.82, 2.24) is 4.98 Å². The van der Waals surface area contributed by atoms with Crippen molar-refractivity contribution in [2.75, 3.05) is 0 Å². The third-order valence-electron chi connectivity index (χ3n) is 1.61. The van der Waals surface area contributed by atoms with Gasteiger partial charge in [-0.2, -0.15) is 0 Å². The number of benzene rings is 1. The van der Waals surface area contributed by atoms with E-state index < -0.39 is 0 Å². The molecule has 3 heteroatoms. The summed E-state index contributed by atoms with van der Waals surface area (Å²) in [5.74, 6) is 0. The van der Waals surface area contributed by atoms with Crippen molar-refractivity contribution in [1.29, 1.82) is 0 Å². The van der Waals surface area contributed by atoms with Crippen LogP contribution >= 0.6 is 22.9 Å². The lowest BCUT2D eigenvalue weighted by Gasteiger charge is -1.94. The van der Waals surface area contributed by atoms with Gasteiger partial charge in [-0.1, -0.05) is 11.6 Å². The summed E-state index contributed by atoms with van der Waals surface area (Å²) in [6, 6.07) is 3.97. The molecule has 0 amide bonds. The number of aromatic nitrogens is 1. The van der Waals surface area contributed by atoms with E-state index in [2.05, 4.69) is 4.98 Å². The highest BCUT2D eigenvalue weighted by molar-refractivity contribution is 7.16. The van der Waals surface area contributed by atoms with Crippen LogP contribution in [0.5, 0.6) is 0 Å². The first-order valence-electron chi connectivity index (χ1n) is 3.27. The Balaban J connectivity index is 2.86. The first kappa shape index (κ1) is 7.07. The molecule has 2 rings (SSSR count). The van der Waals surface area contributed by atoms with E-state index >= 15 is 0 Å². The standard InChI is InChI=1S/C8H6ClNS/c1-5-2-7-8(3-6(5)9)11-4-10-7/h2-4H,1H3. The van der Waals surface area contributed by atoms with Crippen LogP contribution < -0.4 is 0 Å². The molecule has 1 nitrogen and oxygen atoms in total. The fraction of sp³-hybridized carbons (Fsp3) is 0.125. The molecule has 0 radical (unpaired) electrons. The third kappa shape index (κ3) is 1.12. The monoisotopic (exact) mass is 183 g/mol. The molecule has 0 bridgehead atoms. The van der Waals surface area contributed by atoms with Crippen molar-refractivity contribution in [3.8, 4) is 0 Å². The molecule has 0 fully saturated rings. The second kappa shape index (κ2) is 2.47. The van der Waals surface area contributed by atoms with Gasteiger partial charge in [-0.05, 0) is 24.6 Å². The van der Waals surface area contributed by atoms with Crippen LogP contribution in [0, 0.1) is 6.92 Å². The van der Waals surface area contributed by atoms with E-state index in [1.54, 1.807) is 11.3 Å². The minimum atomic E-state index is 0.821. The Morgan fingerprint density at radius 3 is 3.09 bits per heavy atom. The van der Waals surface area contributed by atoms with Gasteiger partial charge >= 0.3 is 0 Å². The molecule has 0 aliphatic heterocycles. The van der Waals surface area contributed by atoms with Gasteiger partial charge in [0.2, 0.25) is 0 Å². The molecule has 1 aromatic heterocycles. The predicted molar refractivity (Wildman–Crippen MR) is 49.4 cm³/mol. The number of rotatable bonds is 0. The molecule has 0 unspecified atom stereocenters. The molecule has 0 aliphatic carbocycles. The predicted octanol–water partition coefficient (Wildman–Crippen LogP) is 3.26. The number of halogens is 1. The fourth-order valence-electron chi connectivity index (χ4n) is 0.983. The van der Waals surface area contributed by atoms with Gasteiger partial charge in [-0.15, -0.1) is 11.3 Å². The summed E-state index contributed by atoms with van der Waals surface area (Å²) in [5.41, 5.74) is 3.96. The molecule has 1 aromatic carbocycles. The van der Waals surface area contributed by atoms with Gasteiger partial charge in [-0.3, -0.25) is 0 Å². The molecule has 0 N–H and O–H groups in total. The smallest absolute Gasteiger partial charge is 0.0815 e. The van der Waals surface area contributed by atoms with E-state index in [9.17, 15) is 0 Å². The molecule has 56 valence electrons. The molecule has 0 aliphatic rings. The number of aryl methyl sites for hydroxylation is 1. The zero-order valence-electron chi connectivity index (χ0n) is 5.97. The molecule has 1 heterocycles. The lowest BCUT2D eigenvalue weighted by molar-refractivity contribution is 1.45. The highest BCUT2D eigenvalue weighted by Gasteiger charge is 1.99. The molecular formula is C8H6ClNS. The van der Waals surface area contributed by atoms with E-state index in [-0.39, 0.29) is 0 Å². The summed E-state index contributed by atoms with van der Waals surface area (Å²) in [5, 5.41) is 0.821. The summed E-state index contributed by atoms with van der Waals surface area (Å²) in [6.07, 6.45) is 0. The number of hydrogen-bond acceptors (Lipinski definition) is 2. The van der Waals surface area contributed by atoms with Crippen LogP contribution in [0.15, 0.2) is 17.6 Å². The zero-order chi connectivity index (χ0) is 7.84. The fourth-order valence-corrected chi connectivity index (χ4v) is 1.91. The number of hydrogen-bond donors (Lipinski definition) is 0. The van der Waals surface area contributed by atoms with Crippen molar-refractivity contribution in [2.45, 2.75) is 6.92 Å². The summed E-state index contributed by atoms with van der Waals surface area (Å²) >= 11 is 7.54. The average Bonchev–Trinajstić information content (AvgIpc) is 2.36. The van der Waals surface area contributed by atoms with Crippen LogP contribution in [0.2, 0.25) is 5.02 Å². The van der Waals surface area contributed by atoms with E-state index in [0.717, 1.165) is 20.8 Å². The van der Waals surface area contributed by atoms with Gasteiger partial charge in [0.05, 0.1) is 15.7 Å². The largest absolute Gasteiger partial charge is 0.245 e. The molecule has 0 saturated carbocycles. The third-order valence-corrected chi connectivity index (χ3v) is 2.81. The van der Waals surface area contributed by atoms with Crippen LogP contribution in [-0.4, -0.2) is 4.98 Å². The van der Waals surface area contributed by atoms with E-state index in [4.69, 9.17) is 11.6 Å². The first-order chi connectivity index (χ1) is 5.27. The van der Waals surface area contributed by atoms with E-state index in [1.165, 1.54) is 0 Å². The molecule has 0 atom stereocenters. The molecule has 0 spiro atoms. The van der Waals surface area contributed by atoms with Crippen LogP contribution in [0.25, 0.3) is 10.2 Å². The van der Waals surface area contributed by atoms with Gasteiger partial charge in [0.25, 0.3) is 0 Å². The van der Waals surface area contributed by atoms with Crippen LogP contribution in [0.1, 0.15) is 5.56 Å². The summed E-state index contributed by atoms with van der Waals surface area (Å²) < 4.78 is 1.15. The van der Waals surface area contributed by atoms with Crippen LogP contribution in [0.3, 0.4) is 0 Å². The first-order valence-corrected chi connectivity index (χ1v) is 4.52. The van der Waals surface area contributed by atoms with Gasteiger partial charge in [0, 0.05) is 5.02 Å². The van der Waals surface area contributed by atoms with E-state index in [0.29, 0.717) is 0 Å². The maximum absolute atomic E-state index is 5.92. The van der Waals surface area contributed by atoms with Crippen molar-refractivity contribution in [2.24, 2.45) is 0 Å². The highest BCUT2D eigenvalue weighted by Crippen LogP contribution is 2.24. The Bertz CT molecular complexity index is 358. The van der Waals surface area contributed by atoms with Crippen LogP contribution in [-0.2, 0) is 0 Å². The molecule has 0 saturated heterocycles. The molecule has 11 heavy (non-hydrogen) atoms. The number of fused-ring (bicyclic) bond motifs is 1. The van der Waals surface area contributed by atoms with Gasteiger partial charge in [0.15, 0.2) is 0 Å². The number of thiazole rings is 1. The second-order valence-corrected chi connectivity index (χ2v) is 3.72. The van der Waals surface area contributed by atoms with Crippen molar-refractivity contribution >= 4 is 33.2 Å². The average molecular weight is 184 g/mol. The van der Waals surface area contributed by atoms with Gasteiger partial charge in [-0.25, -0.2) is 4.98 Å². The second-order valence-electron chi connectivity index (χ2n) is 2.42. The SMILES string of the molecule is Cc1cc2ncsc2cc1Cl. The van der Waals surface area contributed by atoms with Gasteiger partial charge in [0.1, 0.15) is 0 Å². The normalized spacial score (nSPS) is 10.7. The van der Waals surface area contributed by atoms with Crippen LogP contribution in [0.4, 0.5) is 0 Å². The maximum atomic E-state index is 5.92. The van der Waals surface area contributed by atoms with Crippen molar-refractivity contribution < 1.29 is 0 Å².